The predicted molar refractivity (Wildman–Crippen MR) is 62.5 cm³/mol. The van der Waals surface area contributed by atoms with E-state index in [1.807, 2.05) is 0 Å². The molecule has 0 aromatic heterocycles. The van der Waals surface area contributed by atoms with Gasteiger partial charge in [-0.1, -0.05) is 0 Å². The molecular formula is C10H25O2P. The van der Waals surface area contributed by atoms with Crippen molar-refractivity contribution in [2.75, 3.05) is 25.1 Å². The fourth-order valence-corrected chi connectivity index (χ4v) is 6.37. The van der Waals surface area contributed by atoms with Gasteiger partial charge in [0.25, 0.3) is 0 Å². The number of hydrogen-bond acceptors (Lipinski definition) is 2. The summed E-state index contributed by atoms with van der Waals surface area (Å²) in [6, 6.07) is 0. The Hall–Kier alpha value is 0.350. The van der Waals surface area contributed by atoms with E-state index in [2.05, 4.69) is 27.7 Å². The Labute approximate surface area is 82.7 Å². The molecular weight excluding hydrogens is 183 g/mol. The summed E-state index contributed by atoms with van der Waals surface area (Å²) in [5, 5.41) is 18.3. The van der Waals surface area contributed by atoms with Crippen LogP contribution in [0.15, 0.2) is 0 Å². The van der Waals surface area contributed by atoms with Gasteiger partial charge in [-0.25, -0.2) is 0 Å². The Morgan fingerprint density at radius 3 is 1.85 bits per heavy atom. The van der Waals surface area contributed by atoms with E-state index in [-0.39, 0.29) is 6.61 Å². The molecule has 0 aliphatic rings. The van der Waals surface area contributed by atoms with Gasteiger partial charge >= 0.3 is 82.0 Å². The van der Waals surface area contributed by atoms with Gasteiger partial charge in [0.1, 0.15) is 0 Å². The van der Waals surface area contributed by atoms with Crippen LogP contribution in [0.25, 0.3) is 0 Å². The zero-order chi connectivity index (χ0) is 10.5. The summed E-state index contributed by atoms with van der Waals surface area (Å²) < 4.78 is 0. The van der Waals surface area contributed by atoms with Crippen LogP contribution in [0.3, 0.4) is 0 Å². The standard InChI is InChI=1S/C10H25O2P/c1-5-13(6-2,9(3)4)8-10(12)7-11/h9-13H,5-8H2,1-4H3. The summed E-state index contributed by atoms with van der Waals surface area (Å²) in [4.78, 5) is 0. The molecule has 13 heavy (non-hydrogen) atoms. The summed E-state index contributed by atoms with van der Waals surface area (Å²) in [6.45, 7) is 8.87. The third kappa shape index (κ3) is 3.53. The van der Waals surface area contributed by atoms with Crippen molar-refractivity contribution < 1.29 is 10.2 Å². The quantitative estimate of drug-likeness (QED) is 0.650. The van der Waals surface area contributed by atoms with Crippen molar-refractivity contribution in [1.29, 1.82) is 0 Å². The fraction of sp³-hybridized carbons (Fsp3) is 1.00. The Morgan fingerprint density at radius 1 is 1.15 bits per heavy atom. The van der Waals surface area contributed by atoms with Gasteiger partial charge < -0.3 is 0 Å². The third-order valence-corrected chi connectivity index (χ3v) is 10.0. The van der Waals surface area contributed by atoms with Crippen LogP contribution in [0.2, 0.25) is 0 Å². The van der Waals surface area contributed by atoms with Crippen molar-refractivity contribution >= 4 is 7.26 Å². The van der Waals surface area contributed by atoms with Crippen molar-refractivity contribution in [3.8, 4) is 0 Å². The molecule has 0 heterocycles. The van der Waals surface area contributed by atoms with Crippen LogP contribution < -0.4 is 0 Å². The monoisotopic (exact) mass is 208 g/mol. The zero-order valence-corrected chi connectivity index (χ0v) is 10.4. The van der Waals surface area contributed by atoms with Crippen molar-refractivity contribution in [1.82, 2.24) is 0 Å². The summed E-state index contributed by atoms with van der Waals surface area (Å²) in [6.07, 6.45) is 2.78. The molecule has 0 fully saturated rings. The molecule has 0 saturated heterocycles. The summed E-state index contributed by atoms with van der Waals surface area (Å²) in [5.74, 6) is 0. The number of hydrogen-bond donors (Lipinski definition) is 2. The molecule has 0 amide bonds. The molecule has 0 saturated carbocycles. The Kier molecular flexibility index (Phi) is 6.11. The van der Waals surface area contributed by atoms with Gasteiger partial charge in [-0.3, -0.25) is 0 Å². The minimum absolute atomic E-state index is 0.0819. The molecule has 1 atom stereocenters. The number of aliphatic hydroxyl groups excluding tert-OH is 2. The molecule has 2 N–H and O–H groups in total. The van der Waals surface area contributed by atoms with E-state index in [1.54, 1.807) is 0 Å². The number of rotatable bonds is 6. The van der Waals surface area contributed by atoms with Gasteiger partial charge in [-0.15, -0.1) is 0 Å². The molecule has 0 bridgehead atoms. The van der Waals surface area contributed by atoms with E-state index in [9.17, 15) is 5.11 Å². The van der Waals surface area contributed by atoms with E-state index in [4.69, 9.17) is 5.11 Å². The average Bonchev–Trinajstić information content (AvgIpc) is 2.13. The molecule has 0 aromatic rings. The van der Waals surface area contributed by atoms with E-state index in [0.717, 1.165) is 6.16 Å². The van der Waals surface area contributed by atoms with Crippen LogP contribution in [0, 0.1) is 0 Å². The SMILES string of the molecule is CC[PH](CC)(CC(O)CO)C(C)C. The van der Waals surface area contributed by atoms with Crippen LogP contribution in [0.4, 0.5) is 0 Å². The van der Waals surface area contributed by atoms with E-state index >= 15 is 0 Å². The molecule has 0 aliphatic carbocycles. The zero-order valence-electron chi connectivity index (χ0n) is 9.38. The maximum atomic E-state index is 9.49. The molecule has 0 radical (unpaired) electrons. The van der Waals surface area contributed by atoms with Gasteiger partial charge in [-0.2, -0.15) is 0 Å². The van der Waals surface area contributed by atoms with E-state index < -0.39 is 13.4 Å². The Bertz CT molecular complexity index is 133. The second-order valence-corrected chi connectivity index (χ2v) is 9.97. The van der Waals surface area contributed by atoms with Gasteiger partial charge in [0.2, 0.25) is 0 Å². The van der Waals surface area contributed by atoms with Crippen molar-refractivity contribution in [3.05, 3.63) is 0 Å². The topological polar surface area (TPSA) is 40.5 Å². The molecule has 1 unspecified atom stereocenters. The fourth-order valence-electron chi connectivity index (χ4n) is 2.12. The van der Waals surface area contributed by atoms with Gasteiger partial charge in [0.05, 0.1) is 0 Å². The summed E-state index contributed by atoms with van der Waals surface area (Å²) >= 11 is 0. The van der Waals surface area contributed by atoms with Crippen LogP contribution in [-0.4, -0.2) is 47.1 Å². The van der Waals surface area contributed by atoms with Gasteiger partial charge in [0.15, 0.2) is 0 Å². The first kappa shape index (κ1) is 13.4. The first-order chi connectivity index (χ1) is 6.02. The number of aliphatic hydroxyl groups is 2. The molecule has 3 heteroatoms. The average molecular weight is 208 g/mol. The van der Waals surface area contributed by atoms with Crippen LogP contribution in [-0.2, 0) is 0 Å². The molecule has 0 rings (SSSR count). The maximum absolute atomic E-state index is 9.49. The van der Waals surface area contributed by atoms with Crippen LogP contribution in [0.5, 0.6) is 0 Å². The van der Waals surface area contributed by atoms with E-state index in [0.29, 0.717) is 5.66 Å². The van der Waals surface area contributed by atoms with Crippen molar-refractivity contribution in [2.45, 2.75) is 39.5 Å². The van der Waals surface area contributed by atoms with Gasteiger partial charge in [0, 0.05) is 0 Å². The second-order valence-electron chi connectivity index (χ2n) is 4.26. The Balaban J connectivity index is 4.38. The molecule has 2 nitrogen and oxygen atoms in total. The Morgan fingerprint density at radius 2 is 1.62 bits per heavy atom. The molecule has 0 aromatic carbocycles. The normalized spacial score (nSPS) is 16.2. The minimum atomic E-state index is -1.31. The predicted octanol–water partition coefficient (Wildman–Crippen LogP) is 1.54. The molecule has 0 aliphatic heterocycles. The molecule has 82 valence electrons. The first-order valence-electron chi connectivity index (χ1n) is 5.31. The summed E-state index contributed by atoms with van der Waals surface area (Å²) in [5.41, 5.74) is 0.698. The van der Waals surface area contributed by atoms with Gasteiger partial charge in [-0.05, 0) is 0 Å². The molecule has 0 spiro atoms. The van der Waals surface area contributed by atoms with Crippen LogP contribution >= 0.6 is 7.26 Å². The van der Waals surface area contributed by atoms with Crippen molar-refractivity contribution in [2.24, 2.45) is 0 Å². The summed E-state index contributed by atoms with van der Waals surface area (Å²) in [7, 11) is -1.31. The van der Waals surface area contributed by atoms with E-state index in [1.165, 1.54) is 12.3 Å². The second kappa shape index (κ2) is 5.95. The van der Waals surface area contributed by atoms with Crippen molar-refractivity contribution in [3.63, 3.8) is 0 Å². The third-order valence-electron chi connectivity index (χ3n) is 3.49. The van der Waals surface area contributed by atoms with Crippen LogP contribution in [0.1, 0.15) is 27.7 Å². The first-order valence-corrected chi connectivity index (χ1v) is 8.01.